The molecule has 0 bridgehead atoms. The molecule has 144 valence electrons. The van der Waals surface area contributed by atoms with Gasteiger partial charge in [0.25, 0.3) is 0 Å². The molecule has 9 heteroatoms. The summed E-state index contributed by atoms with van der Waals surface area (Å²) in [5.74, 6) is 0.260. The van der Waals surface area contributed by atoms with E-state index in [0.29, 0.717) is 18.2 Å². The van der Waals surface area contributed by atoms with E-state index >= 15 is 0 Å². The molecule has 0 saturated carbocycles. The Bertz CT molecular complexity index is 657. The maximum Gasteiger partial charge on any atom is 0.244 e. The molecule has 1 aromatic rings. The molecule has 1 unspecified atom stereocenters. The van der Waals surface area contributed by atoms with Crippen molar-refractivity contribution in [3.05, 3.63) is 23.2 Å². The Kier molecular flexibility index (Phi) is 8.44. The number of nitrogens with one attached hydrogen (secondary N) is 1. The predicted molar refractivity (Wildman–Crippen MR) is 101 cm³/mol. The number of ether oxygens (including phenoxy) is 2. The van der Waals surface area contributed by atoms with Gasteiger partial charge in [-0.1, -0.05) is 11.6 Å². The molecule has 0 aliphatic carbocycles. The van der Waals surface area contributed by atoms with Gasteiger partial charge < -0.3 is 15.2 Å². The van der Waals surface area contributed by atoms with E-state index in [9.17, 15) is 8.42 Å². The first-order valence-corrected chi connectivity index (χ1v) is 9.86. The summed E-state index contributed by atoms with van der Waals surface area (Å²) >= 11 is 5.96. The van der Waals surface area contributed by atoms with Crippen molar-refractivity contribution in [2.45, 2.75) is 49.6 Å². The molecule has 0 aromatic heterocycles. The number of hydrogen-bond donors (Lipinski definition) is 2. The average Bonchev–Trinajstić information content (AvgIpc) is 2.52. The molecule has 1 fully saturated rings. The number of sulfonamides is 1. The first kappa shape index (κ1) is 22.5. The van der Waals surface area contributed by atoms with Crippen molar-refractivity contribution in [1.29, 1.82) is 0 Å². The third-order valence-corrected chi connectivity index (χ3v) is 5.27. The number of benzene rings is 1. The van der Waals surface area contributed by atoms with Crippen molar-refractivity contribution in [2.24, 2.45) is 5.73 Å². The summed E-state index contributed by atoms with van der Waals surface area (Å²) in [6.07, 6.45) is 3.04. The van der Waals surface area contributed by atoms with Gasteiger partial charge in [-0.25, -0.2) is 13.1 Å². The van der Waals surface area contributed by atoms with Crippen LogP contribution in [0.1, 0.15) is 33.1 Å². The van der Waals surface area contributed by atoms with E-state index in [1.54, 1.807) is 26.0 Å². The zero-order valence-corrected chi connectivity index (χ0v) is 16.8. The van der Waals surface area contributed by atoms with Crippen molar-refractivity contribution in [1.82, 2.24) is 4.72 Å². The summed E-state index contributed by atoms with van der Waals surface area (Å²) in [4.78, 5) is 0.00931. The molecule has 1 saturated heterocycles. The van der Waals surface area contributed by atoms with Crippen LogP contribution in [0.2, 0.25) is 5.02 Å². The molecule has 1 aliphatic rings. The molecular weight excluding hydrogens is 387 g/mol. The SMILES string of the molecule is CC(C)(N)CNS(=O)(=O)c1cc(Cl)ccc1OCC1CCCCO1.Cl. The van der Waals surface area contributed by atoms with Crippen molar-refractivity contribution in [3.63, 3.8) is 0 Å². The molecule has 1 heterocycles. The lowest BCUT2D eigenvalue weighted by molar-refractivity contribution is -0.0116. The van der Waals surface area contributed by atoms with Crippen LogP contribution >= 0.6 is 24.0 Å². The van der Waals surface area contributed by atoms with Crippen LogP contribution in [-0.4, -0.2) is 39.8 Å². The van der Waals surface area contributed by atoms with Crippen molar-refractivity contribution in [3.8, 4) is 5.75 Å². The highest BCUT2D eigenvalue weighted by Crippen LogP contribution is 2.28. The summed E-state index contributed by atoms with van der Waals surface area (Å²) in [7, 11) is -3.78. The van der Waals surface area contributed by atoms with Crippen molar-refractivity contribution in [2.75, 3.05) is 19.8 Å². The molecule has 1 aromatic carbocycles. The molecule has 6 nitrogen and oxygen atoms in total. The van der Waals surface area contributed by atoms with Gasteiger partial charge in [-0.2, -0.15) is 0 Å². The minimum absolute atomic E-state index is 0. The molecule has 0 spiro atoms. The Balaban J connectivity index is 0.00000312. The largest absolute Gasteiger partial charge is 0.489 e. The van der Waals surface area contributed by atoms with Crippen LogP contribution in [0.25, 0.3) is 0 Å². The third kappa shape index (κ3) is 7.29. The maximum atomic E-state index is 12.6. The summed E-state index contributed by atoms with van der Waals surface area (Å²) in [6.45, 7) is 4.61. The number of halogens is 2. The summed E-state index contributed by atoms with van der Waals surface area (Å²) in [5, 5.41) is 0.323. The summed E-state index contributed by atoms with van der Waals surface area (Å²) in [6, 6.07) is 4.54. The fourth-order valence-electron chi connectivity index (χ4n) is 2.29. The third-order valence-electron chi connectivity index (χ3n) is 3.61. The van der Waals surface area contributed by atoms with E-state index in [4.69, 9.17) is 26.8 Å². The molecule has 2 rings (SSSR count). The zero-order chi connectivity index (χ0) is 17.8. The highest BCUT2D eigenvalue weighted by molar-refractivity contribution is 7.89. The molecule has 25 heavy (non-hydrogen) atoms. The second-order valence-electron chi connectivity index (χ2n) is 6.70. The second kappa shape index (κ2) is 9.39. The first-order valence-electron chi connectivity index (χ1n) is 8.00. The number of rotatable bonds is 7. The average molecular weight is 413 g/mol. The van der Waals surface area contributed by atoms with Gasteiger partial charge in [0.05, 0.1) is 6.10 Å². The normalized spacial score (nSPS) is 18.5. The lowest BCUT2D eigenvalue weighted by atomic mass is 10.1. The lowest BCUT2D eigenvalue weighted by Gasteiger charge is -2.23. The number of nitrogens with two attached hydrogens (primary N) is 1. The van der Waals surface area contributed by atoms with E-state index in [1.807, 2.05) is 0 Å². The van der Waals surface area contributed by atoms with Crippen LogP contribution < -0.4 is 15.2 Å². The second-order valence-corrected chi connectivity index (χ2v) is 8.88. The monoisotopic (exact) mass is 412 g/mol. The van der Waals surface area contributed by atoms with Gasteiger partial charge in [0, 0.05) is 23.7 Å². The molecule has 3 N–H and O–H groups in total. The van der Waals surface area contributed by atoms with E-state index in [1.165, 1.54) is 6.07 Å². The molecule has 1 aliphatic heterocycles. The van der Waals surface area contributed by atoms with Crippen LogP contribution in [0.5, 0.6) is 5.75 Å². The van der Waals surface area contributed by atoms with E-state index < -0.39 is 15.6 Å². The first-order chi connectivity index (χ1) is 11.2. The van der Waals surface area contributed by atoms with Gasteiger partial charge >= 0.3 is 0 Å². The Morgan fingerprint density at radius 3 is 2.72 bits per heavy atom. The highest BCUT2D eigenvalue weighted by Gasteiger charge is 2.24. The quantitative estimate of drug-likeness (QED) is 0.718. The fourth-order valence-corrected chi connectivity index (χ4v) is 3.92. The van der Waals surface area contributed by atoms with Gasteiger partial charge in [-0.15, -0.1) is 12.4 Å². The van der Waals surface area contributed by atoms with Crippen LogP contribution in [-0.2, 0) is 14.8 Å². The number of hydrogen-bond acceptors (Lipinski definition) is 5. The smallest absolute Gasteiger partial charge is 0.244 e. The fraction of sp³-hybridized carbons (Fsp3) is 0.625. The zero-order valence-electron chi connectivity index (χ0n) is 14.5. The van der Waals surface area contributed by atoms with E-state index in [-0.39, 0.29) is 35.7 Å². The van der Waals surface area contributed by atoms with Crippen molar-refractivity contribution < 1.29 is 17.9 Å². The molecular formula is C16H26Cl2N2O4S. The summed E-state index contributed by atoms with van der Waals surface area (Å²) < 4.78 is 39.0. The van der Waals surface area contributed by atoms with Crippen molar-refractivity contribution >= 4 is 34.0 Å². The van der Waals surface area contributed by atoms with Gasteiger partial charge in [-0.3, -0.25) is 0 Å². The van der Waals surface area contributed by atoms with E-state index in [0.717, 1.165) is 19.3 Å². The minimum atomic E-state index is -3.78. The van der Waals surface area contributed by atoms with Gasteiger partial charge in [0.15, 0.2) is 0 Å². The molecule has 1 atom stereocenters. The van der Waals surface area contributed by atoms with Gasteiger partial charge in [-0.05, 0) is 51.3 Å². The Hall–Kier alpha value is -0.570. The van der Waals surface area contributed by atoms with Crippen LogP contribution in [0.3, 0.4) is 0 Å². The predicted octanol–water partition coefficient (Wildman–Crippen LogP) is 2.73. The summed E-state index contributed by atoms with van der Waals surface area (Å²) in [5.41, 5.74) is 5.18. The van der Waals surface area contributed by atoms with E-state index in [2.05, 4.69) is 4.72 Å². The molecule has 0 amide bonds. The van der Waals surface area contributed by atoms with Gasteiger partial charge in [0.2, 0.25) is 10.0 Å². The Morgan fingerprint density at radius 2 is 2.12 bits per heavy atom. The Morgan fingerprint density at radius 1 is 1.40 bits per heavy atom. The topological polar surface area (TPSA) is 90.7 Å². The van der Waals surface area contributed by atoms with Crippen LogP contribution in [0.4, 0.5) is 0 Å². The Labute approximate surface area is 160 Å². The van der Waals surface area contributed by atoms with Gasteiger partial charge in [0.1, 0.15) is 17.3 Å². The van der Waals surface area contributed by atoms with Crippen LogP contribution in [0.15, 0.2) is 23.1 Å². The highest BCUT2D eigenvalue weighted by atomic mass is 35.5. The standard InChI is InChI=1S/C16H25ClN2O4S.ClH/c1-16(2,18)11-19-24(20,21)15-9-12(17)6-7-14(15)23-10-13-5-3-4-8-22-13;/h6-7,9,13,19H,3-5,8,10-11,18H2,1-2H3;1H. The minimum Gasteiger partial charge on any atom is -0.489 e. The lowest BCUT2D eigenvalue weighted by Crippen LogP contribution is -2.45. The van der Waals surface area contributed by atoms with Crippen LogP contribution in [0, 0.1) is 0 Å². The molecule has 0 radical (unpaired) electrons. The maximum absolute atomic E-state index is 12.6.